The van der Waals surface area contributed by atoms with Gasteiger partial charge in [0.15, 0.2) is 6.61 Å². The third-order valence-corrected chi connectivity index (χ3v) is 5.66. The zero-order chi connectivity index (χ0) is 14.0. The number of ketones is 1. The monoisotopic (exact) mass is 530 g/mol. The predicted octanol–water partition coefficient (Wildman–Crippen LogP) is 6.06. The lowest BCUT2D eigenvalue weighted by atomic mass is 10.2. The van der Waals surface area contributed by atoms with Crippen LogP contribution in [0, 0.1) is 0 Å². The van der Waals surface area contributed by atoms with Gasteiger partial charge in [0.2, 0.25) is 5.78 Å². The van der Waals surface area contributed by atoms with Gasteiger partial charge >= 0.3 is 0 Å². The maximum atomic E-state index is 12.0. The summed E-state index contributed by atoms with van der Waals surface area (Å²) in [4.78, 5) is 12.0. The minimum Gasteiger partial charge on any atom is -0.484 e. The van der Waals surface area contributed by atoms with Gasteiger partial charge in [-0.15, -0.1) is 11.3 Å². The first-order valence-corrected chi connectivity index (χ1v) is 9.02. The number of benzene rings is 1. The number of carbonyl (C=O) groups excluding carboxylic acids is 1. The molecule has 1 heterocycles. The van der Waals surface area contributed by atoms with Crippen LogP contribution >= 0.6 is 75.1 Å². The van der Waals surface area contributed by atoms with Crippen LogP contribution in [0.5, 0.6) is 5.75 Å². The highest BCUT2D eigenvalue weighted by Gasteiger charge is 2.15. The molecule has 7 heteroatoms. The topological polar surface area (TPSA) is 26.3 Å². The second-order valence-electron chi connectivity index (χ2n) is 3.52. The molecule has 2 rings (SSSR count). The summed E-state index contributed by atoms with van der Waals surface area (Å²) in [6, 6.07) is 7.33. The molecular formula is C12H6Br4O2S. The fourth-order valence-corrected chi connectivity index (χ4v) is 5.36. The number of thiophene rings is 1. The molecule has 100 valence electrons. The molecule has 0 bridgehead atoms. The molecular weight excluding hydrogens is 528 g/mol. The van der Waals surface area contributed by atoms with E-state index in [9.17, 15) is 4.79 Å². The van der Waals surface area contributed by atoms with E-state index in [0.29, 0.717) is 11.3 Å². The summed E-state index contributed by atoms with van der Waals surface area (Å²) in [6.45, 7) is 0.00199. The highest BCUT2D eigenvalue weighted by atomic mass is 79.9. The number of Topliss-reactive ketones (excluding diaryl/α,β-unsaturated/α-hetero) is 1. The van der Waals surface area contributed by atoms with Gasteiger partial charge in [-0.2, -0.15) is 0 Å². The first-order chi connectivity index (χ1) is 8.97. The Labute approximate surface area is 148 Å². The van der Waals surface area contributed by atoms with Gasteiger partial charge in [-0.05, 0) is 72.1 Å². The number of carbonyl (C=O) groups is 1. The summed E-state index contributed by atoms with van der Waals surface area (Å²) >= 11 is 14.9. The van der Waals surface area contributed by atoms with E-state index in [1.807, 2.05) is 12.1 Å². The minimum absolute atomic E-state index is 0.00199. The van der Waals surface area contributed by atoms with Crippen molar-refractivity contribution in [1.29, 1.82) is 0 Å². The molecule has 0 spiro atoms. The minimum atomic E-state index is -0.0661. The fourth-order valence-electron chi connectivity index (χ4n) is 1.34. The number of rotatable bonds is 4. The van der Waals surface area contributed by atoms with Crippen LogP contribution in [-0.4, -0.2) is 12.4 Å². The van der Waals surface area contributed by atoms with Gasteiger partial charge in [-0.25, -0.2) is 0 Å². The lowest BCUT2D eigenvalue weighted by Crippen LogP contribution is -2.11. The normalized spacial score (nSPS) is 10.5. The Hall–Kier alpha value is 0.310. The van der Waals surface area contributed by atoms with E-state index in [-0.39, 0.29) is 12.4 Å². The van der Waals surface area contributed by atoms with Crippen molar-refractivity contribution >= 4 is 80.8 Å². The van der Waals surface area contributed by atoms with Crippen molar-refractivity contribution in [2.75, 3.05) is 6.61 Å². The van der Waals surface area contributed by atoms with E-state index in [1.165, 1.54) is 11.3 Å². The van der Waals surface area contributed by atoms with Crippen molar-refractivity contribution < 1.29 is 9.53 Å². The van der Waals surface area contributed by atoms with E-state index in [1.54, 1.807) is 12.1 Å². The largest absolute Gasteiger partial charge is 0.484 e. The molecule has 19 heavy (non-hydrogen) atoms. The van der Waals surface area contributed by atoms with Gasteiger partial charge in [0.1, 0.15) is 5.75 Å². The van der Waals surface area contributed by atoms with Crippen LogP contribution in [0.2, 0.25) is 0 Å². The average Bonchev–Trinajstić information content (AvgIpc) is 2.67. The molecule has 1 aromatic heterocycles. The standard InChI is InChI=1S/C12H6Br4O2S/c13-6-1-2-10(8(14)3-6)18-5-9(17)7-4-11(15)19-12(7)16/h1-4H,5H2. The second kappa shape index (κ2) is 6.85. The lowest BCUT2D eigenvalue weighted by Gasteiger charge is -2.07. The SMILES string of the molecule is O=C(COc1ccc(Br)cc1Br)c1cc(Br)sc1Br. The number of halogens is 4. The maximum Gasteiger partial charge on any atom is 0.202 e. The third kappa shape index (κ3) is 4.14. The van der Waals surface area contributed by atoms with Crippen LogP contribution in [-0.2, 0) is 0 Å². The van der Waals surface area contributed by atoms with E-state index >= 15 is 0 Å². The molecule has 0 amide bonds. The molecule has 0 unspecified atom stereocenters. The van der Waals surface area contributed by atoms with Crippen molar-refractivity contribution in [3.05, 3.63) is 46.3 Å². The second-order valence-corrected chi connectivity index (χ2v) is 9.04. The maximum absolute atomic E-state index is 12.0. The average molecular weight is 534 g/mol. The molecule has 2 aromatic rings. The quantitative estimate of drug-likeness (QED) is 0.447. The molecule has 0 aliphatic rings. The van der Waals surface area contributed by atoms with Crippen LogP contribution in [0.3, 0.4) is 0 Å². The van der Waals surface area contributed by atoms with E-state index < -0.39 is 0 Å². The molecule has 1 aromatic carbocycles. The summed E-state index contributed by atoms with van der Waals surface area (Å²) in [5.74, 6) is 0.575. The van der Waals surface area contributed by atoms with Crippen molar-refractivity contribution in [3.63, 3.8) is 0 Å². The summed E-state index contributed by atoms with van der Waals surface area (Å²) < 4.78 is 8.99. The molecule has 0 saturated heterocycles. The highest BCUT2D eigenvalue weighted by molar-refractivity contribution is 9.12. The highest BCUT2D eigenvalue weighted by Crippen LogP contribution is 2.33. The molecule has 0 atom stereocenters. The number of hydrogen-bond acceptors (Lipinski definition) is 3. The van der Waals surface area contributed by atoms with Gasteiger partial charge in [0.25, 0.3) is 0 Å². The third-order valence-electron chi connectivity index (χ3n) is 2.21. The number of hydrogen-bond donors (Lipinski definition) is 0. The van der Waals surface area contributed by atoms with Crippen LogP contribution in [0.15, 0.2) is 40.8 Å². The van der Waals surface area contributed by atoms with Crippen molar-refractivity contribution in [3.8, 4) is 5.75 Å². The Bertz CT molecular complexity index is 624. The lowest BCUT2D eigenvalue weighted by molar-refractivity contribution is 0.0920. The van der Waals surface area contributed by atoms with Crippen molar-refractivity contribution in [1.82, 2.24) is 0 Å². The van der Waals surface area contributed by atoms with Crippen LogP contribution in [0.25, 0.3) is 0 Å². The smallest absolute Gasteiger partial charge is 0.202 e. The first kappa shape index (κ1) is 15.7. The Morgan fingerprint density at radius 3 is 2.47 bits per heavy atom. The van der Waals surface area contributed by atoms with Gasteiger partial charge in [0.05, 0.1) is 12.0 Å². The summed E-state index contributed by atoms with van der Waals surface area (Å²) in [5, 5.41) is 0. The van der Waals surface area contributed by atoms with E-state index in [0.717, 1.165) is 16.5 Å². The van der Waals surface area contributed by atoms with Gasteiger partial charge in [0, 0.05) is 10.0 Å². The zero-order valence-corrected chi connectivity index (χ0v) is 16.4. The van der Waals surface area contributed by atoms with Gasteiger partial charge < -0.3 is 4.74 Å². The molecule has 0 radical (unpaired) electrons. The van der Waals surface area contributed by atoms with Crippen LogP contribution < -0.4 is 4.74 Å². The number of ether oxygens (including phenoxy) is 1. The molecule has 0 aliphatic heterocycles. The Kier molecular flexibility index (Phi) is 5.65. The first-order valence-electron chi connectivity index (χ1n) is 5.03. The van der Waals surface area contributed by atoms with Crippen LogP contribution in [0.1, 0.15) is 10.4 Å². The van der Waals surface area contributed by atoms with Gasteiger partial charge in [-0.1, -0.05) is 15.9 Å². The van der Waals surface area contributed by atoms with Crippen LogP contribution in [0.4, 0.5) is 0 Å². The predicted molar refractivity (Wildman–Crippen MR) is 91.4 cm³/mol. The summed E-state index contributed by atoms with van der Waals surface area (Å²) in [7, 11) is 0. The van der Waals surface area contributed by atoms with Crippen molar-refractivity contribution in [2.24, 2.45) is 0 Å². The molecule has 0 aliphatic carbocycles. The summed E-state index contributed by atoms with van der Waals surface area (Å²) in [5.41, 5.74) is 0.630. The summed E-state index contributed by atoms with van der Waals surface area (Å²) in [6.07, 6.45) is 0. The fraction of sp³-hybridized carbons (Fsp3) is 0.0833. The molecule has 0 fully saturated rings. The van der Waals surface area contributed by atoms with Gasteiger partial charge in [-0.3, -0.25) is 4.79 Å². The Morgan fingerprint density at radius 1 is 1.16 bits per heavy atom. The zero-order valence-electron chi connectivity index (χ0n) is 9.25. The van der Waals surface area contributed by atoms with Crippen molar-refractivity contribution in [2.45, 2.75) is 0 Å². The van der Waals surface area contributed by atoms with E-state index in [4.69, 9.17) is 4.74 Å². The van der Waals surface area contributed by atoms with E-state index in [2.05, 4.69) is 63.7 Å². The Morgan fingerprint density at radius 2 is 1.89 bits per heavy atom. The molecule has 0 N–H and O–H groups in total. The molecule has 0 saturated carbocycles. The Balaban J connectivity index is 2.06. The molecule has 2 nitrogen and oxygen atoms in total.